The zero-order chi connectivity index (χ0) is 18.6. The summed E-state index contributed by atoms with van der Waals surface area (Å²) in [5.41, 5.74) is 2.47. The van der Waals surface area contributed by atoms with E-state index in [0.717, 1.165) is 17.7 Å². The maximum absolute atomic E-state index is 12.5. The summed E-state index contributed by atoms with van der Waals surface area (Å²) in [7, 11) is 0. The molecule has 1 aromatic heterocycles. The van der Waals surface area contributed by atoms with E-state index in [4.69, 9.17) is 16.3 Å². The molecule has 5 nitrogen and oxygen atoms in total. The number of aromatic nitrogens is 2. The Morgan fingerprint density at radius 1 is 1.15 bits per heavy atom. The van der Waals surface area contributed by atoms with Crippen LogP contribution in [0.25, 0.3) is 0 Å². The van der Waals surface area contributed by atoms with Gasteiger partial charge in [-0.25, -0.2) is 4.68 Å². The Morgan fingerprint density at radius 3 is 2.78 bits per heavy atom. The van der Waals surface area contributed by atoms with Gasteiger partial charge in [0.25, 0.3) is 5.56 Å². The third-order valence-corrected chi connectivity index (χ3v) is 5.06. The van der Waals surface area contributed by atoms with Gasteiger partial charge in [0.05, 0.1) is 25.0 Å². The molecular weight excluding hydrogens is 362 g/mol. The van der Waals surface area contributed by atoms with Crippen molar-refractivity contribution in [3.63, 3.8) is 0 Å². The lowest BCUT2D eigenvalue weighted by atomic mass is 9.97. The van der Waals surface area contributed by atoms with Crippen molar-refractivity contribution in [2.45, 2.75) is 13.0 Å². The van der Waals surface area contributed by atoms with E-state index >= 15 is 0 Å². The van der Waals surface area contributed by atoms with E-state index in [1.807, 2.05) is 48.5 Å². The third kappa shape index (κ3) is 3.98. The first-order chi connectivity index (χ1) is 13.2. The van der Waals surface area contributed by atoms with Crippen molar-refractivity contribution in [2.24, 2.45) is 5.92 Å². The molecule has 1 aliphatic heterocycles. The molecular formula is C21H20ClN3O2. The van der Waals surface area contributed by atoms with Gasteiger partial charge in [0.15, 0.2) is 0 Å². The van der Waals surface area contributed by atoms with Gasteiger partial charge in [0.2, 0.25) is 0 Å². The maximum Gasteiger partial charge on any atom is 0.287 e. The quantitative estimate of drug-likeness (QED) is 0.733. The molecule has 2 heterocycles. The molecule has 27 heavy (non-hydrogen) atoms. The number of anilines is 1. The highest BCUT2D eigenvalue weighted by atomic mass is 35.5. The summed E-state index contributed by atoms with van der Waals surface area (Å²) in [5.74, 6) is 1.26. The van der Waals surface area contributed by atoms with Gasteiger partial charge in [-0.15, -0.1) is 0 Å². The smallest absolute Gasteiger partial charge is 0.287 e. The summed E-state index contributed by atoms with van der Waals surface area (Å²) in [6, 6.07) is 17.8. The first-order valence-corrected chi connectivity index (χ1v) is 9.32. The van der Waals surface area contributed by atoms with Crippen molar-refractivity contribution in [3.8, 4) is 5.75 Å². The van der Waals surface area contributed by atoms with Gasteiger partial charge in [-0.05, 0) is 23.6 Å². The van der Waals surface area contributed by atoms with Gasteiger partial charge in [-0.1, -0.05) is 60.1 Å². The highest BCUT2D eigenvalue weighted by molar-refractivity contribution is 6.32. The Balaban J connectivity index is 1.43. The number of ether oxygens (including phenoxy) is 1. The minimum absolute atomic E-state index is 0.165. The minimum Gasteiger partial charge on any atom is -0.493 e. The Labute approximate surface area is 162 Å². The van der Waals surface area contributed by atoms with E-state index in [-0.39, 0.29) is 10.6 Å². The van der Waals surface area contributed by atoms with Crippen LogP contribution in [0.15, 0.2) is 65.6 Å². The average molecular weight is 382 g/mol. The molecule has 0 spiro atoms. The predicted octanol–water partition coefficient (Wildman–Crippen LogP) is 3.61. The number of halogens is 1. The fraction of sp³-hybridized carbons (Fsp3) is 0.238. The average Bonchev–Trinajstić information content (AvgIpc) is 2.71. The summed E-state index contributed by atoms with van der Waals surface area (Å²) in [6.07, 6.45) is 2.55. The van der Waals surface area contributed by atoms with Crippen molar-refractivity contribution in [1.29, 1.82) is 0 Å². The van der Waals surface area contributed by atoms with Crippen LogP contribution in [-0.4, -0.2) is 22.9 Å². The minimum atomic E-state index is -0.296. The molecule has 2 aromatic carbocycles. The number of para-hydroxylation sites is 1. The Bertz CT molecular complexity index is 988. The standard InChI is InChI=1S/C21H20ClN3O2/c22-20-18(12-24-25(21(20)26)13-15-6-2-1-3-7-15)23-11-16-10-17-8-4-5-9-19(17)27-14-16/h1-9,12,16,23H,10-11,13-14H2. The molecule has 0 saturated carbocycles. The third-order valence-electron chi connectivity index (χ3n) is 4.70. The number of hydrogen-bond acceptors (Lipinski definition) is 4. The maximum atomic E-state index is 12.5. The van der Waals surface area contributed by atoms with Crippen molar-refractivity contribution in [1.82, 2.24) is 9.78 Å². The second-order valence-corrected chi connectivity index (χ2v) is 7.07. The van der Waals surface area contributed by atoms with Crippen LogP contribution in [-0.2, 0) is 13.0 Å². The molecule has 0 bridgehead atoms. The van der Waals surface area contributed by atoms with E-state index < -0.39 is 0 Å². The first-order valence-electron chi connectivity index (χ1n) is 8.95. The molecule has 6 heteroatoms. The van der Waals surface area contributed by atoms with Gasteiger partial charge in [-0.3, -0.25) is 4.79 Å². The topological polar surface area (TPSA) is 56.1 Å². The Morgan fingerprint density at radius 2 is 1.93 bits per heavy atom. The number of nitrogens with zero attached hydrogens (tertiary/aromatic N) is 2. The summed E-state index contributed by atoms with van der Waals surface area (Å²) >= 11 is 6.30. The van der Waals surface area contributed by atoms with Crippen LogP contribution in [0.3, 0.4) is 0 Å². The molecule has 4 rings (SSSR count). The van der Waals surface area contributed by atoms with Crippen LogP contribution in [0.2, 0.25) is 5.02 Å². The van der Waals surface area contributed by atoms with E-state index in [2.05, 4.69) is 16.5 Å². The number of rotatable bonds is 5. The van der Waals surface area contributed by atoms with Crippen molar-refractivity contribution in [2.75, 3.05) is 18.5 Å². The highest BCUT2D eigenvalue weighted by Crippen LogP contribution is 2.27. The van der Waals surface area contributed by atoms with Crippen LogP contribution in [0.1, 0.15) is 11.1 Å². The summed E-state index contributed by atoms with van der Waals surface area (Å²) in [4.78, 5) is 12.5. The monoisotopic (exact) mass is 381 g/mol. The Kier molecular flexibility index (Phi) is 5.12. The lowest BCUT2D eigenvalue weighted by Crippen LogP contribution is -2.29. The summed E-state index contributed by atoms with van der Waals surface area (Å²) < 4.78 is 7.19. The van der Waals surface area contributed by atoms with Crippen molar-refractivity contribution >= 4 is 17.3 Å². The first kappa shape index (κ1) is 17.6. The predicted molar refractivity (Wildman–Crippen MR) is 107 cm³/mol. The van der Waals surface area contributed by atoms with E-state index in [1.165, 1.54) is 10.2 Å². The molecule has 0 fully saturated rings. The highest BCUT2D eigenvalue weighted by Gasteiger charge is 2.20. The second kappa shape index (κ2) is 7.84. The molecule has 1 atom stereocenters. The van der Waals surface area contributed by atoms with Gasteiger partial charge < -0.3 is 10.1 Å². The van der Waals surface area contributed by atoms with Gasteiger partial charge in [0.1, 0.15) is 10.8 Å². The molecule has 0 saturated heterocycles. The molecule has 0 radical (unpaired) electrons. The summed E-state index contributed by atoms with van der Waals surface area (Å²) in [6.45, 7) is 1.70. The van der Waals surface area contributed by atoms with Crippen LogP contribution >= 0.6 is 11.6 Å². The van der Waals surface area contributed by atoms with E-state index in [1.54, 1.807) is 6.20 Å². The summed E-state index contributed by atoms with van der Waals surface area (Å²) in [5, 5.41) is 7.68. The normalized spacial score (nSPS) is 15.7. The molecule has 1 aliphatic rings. The SMILES string of the molecule is O=c1c(Cl)c(NCC2COc3ccccc3C2)cnn1Cc1ccccc1. The molecule has 138 valence electrons. The second-order valence-electron chi connectivity index (χ2n) is 6.69. The fourth-order valence-electron chi connectivity index (χ4n) is 3.23. The lowest BCUT2D eigenvalue weighted by molar-refractivity contribution is 0.229. The zero-order valence-electron chi connectivity index (χ0n) is 14.8. The van der Waals surface area contributed by atoms with Gasteiger partial charge >= 0.3 is 0 Å². The van der Waals surface area contributed by atoms with Gasteiger partial charge in [0, 0.05) is 12.5 Å². The van der Waals surface area contributed by atoms with Crippen LogP contribution in [0.5, 0.6) is 5.75 Å². The number of fused-ring (bicyclic) bond motifs is 1. The molecule has 0 aliphatic carbocycles. The van der Waals surface area contributed by atoms with Crippen LogP contribution < -0.4 is 15.6 Å². The largest absolute Gasteiger partial charge is 0.493 e. The van der Waals surface area contributed by atoms with Crippen molar-refractivity contribution < 1.29 is 4.74 Å². The molecule has 1 N–H and O–H groups in total. The Hall–Kier alpha value is -2.79. The fourth-order valence-corrected chi connectivity index (χ4v) is 3.45. The molecule has 0 amide bonds. The number of benzene rings is 2. The lowest BCUT2D eigenvalue weighted by Gasteiger charge is -2.25. The van der Waals surface area contributed by atoms with Crippen molar-refractivity contribution in [3.05, 3.63) is 87.3 Å². The number of nitrogens with one attached hydrogen (secondary N) is 1. The molecule has 3 aromatic rings. The zero-order valence-corrected chi connectivity index (χ0v) is 15.5. The number of hydrogen-bond donors (Lipinski definition) is 1. The van der Waals surface area contributed by atoms with Gasteiger partial charge in [-0.2, -0.15) is 5.10 Å². The molecule has 1 unspecified atom stereocenters. The van der Waals surface area contributed by atoms with E-state index in [0.29, 0.717) is 31.3 Å². The van der Waals surface area contributed by atoms with Crippen LogP contribution in [0, 0.1) is 5.92 Å². The van der Waals surface area contributed by atoms with E-state index in [9.17, 15) is 4.79 Å². The van der Waals surface area contributed by atoms with Crippen LogP contribution in [0.4, 0.5) is 5.69 Å².